The molecule has 9 nitrogen and oxygen atoms in total. The molecule has 0 spiro atoms. The lowest BCUT2D eigenvalue weighted by Gasteiger charge is -2.32. The number of alkyl halides is 3. The SMILES string of the molecule is COc1ccc(-c2nsc(C(=O)N(c3ccc(OC(F)(F)F)cc3)[C@H](C(=O)NC3CCCC3)c3ccc(OC)cc3)c2N)cc1. The van der Waals surface area contributed by atoms with Gasteiger partial charge in [0.2, 0.25) is 5.91 Å². The fraction of sp³-hybridized carbons (Fsp3) is 0.281. The van der Waals surface area contributed by atoms with Crippen LogP contribution >= 0.6 is 11.5 Å². The number of nitrogens with two attached hydrogens (primary N) is 1. The maximum Gasteiger partial charge on any atom is 0.573 e. The number of rotatable bonds is 10. The van der Waals surface area contributed by atoms with Crippen molar-refractivity contribution in [1.29, 1.82) is 0 Å². The van der Waals surface area contributed by atoms with Crippen molar-refractivity contribution in [3.63, 3.8) is 0 Å². The number of methoxy groups -OCH3 is 2. The topological polar surface area (TPSA) is 116 Å². The molecule has 0 radical (unpaired) electrons. The molecule has 0 aliphatic heterocycles. The molecule has 0 saturated heterocycles. The molecular weight excluding hydrogens is 609 g/mol. The van der Waals surface area contributed by atoms with E-state index in [2.05, 4.69) is 14.4 Å². The summed E-state index contributed by atoms with van der Waals surface area (Å²) < 4.78 is 57.7. The van der Waals surface area contributed by atoms with Gasteiger partial charge in [-0.25, -0.2) is 0 Å². The molecule has 45 heavy (non-hydrogen) atoms. The second-order valence-corrected chi connectivity index (χ2v) is 11.2. The van der Waals surface area contributed by atoms with Crippen molar-refractivity contribution >= 4 is 34.7 Å². The number of nitrogens with one attached hydrogen (secondary N) is 1. The molecule has 1 aliphatic rings. The minimum atomic E-state index is -4.90. The standard InChI is InChI=1S/C32H31F3N4O5S/c1-42-23-13-7-19(8-14-23)27-26(36)29(45-38-27)31(41)39(22-11-17-25(18-12-22)44-32(33,34)35)28(20-9-15-24(43-2)16-10-20)30(40)37-21-5-3-4-6-21/h7-18,21,28H,3-6,36H2,1-2H3,(H,37,40)/t28-/m0/s1. The van der Waals surface area contributed by atoms with E-state index in [1.165, 1.54) is 24.1 Å². The van der Waals surface area contributed by atoms with Gasteiger partial charge in [0.25, 0.3) is 5.91 Å². The molecule has 13 heteroatoms. The van der Waals surface area contributed by atoms with Gasteiger partial charge in [-0.3, -0.25) is 14.5 Å². The van der Waals surface area contributed by atoms with Crippen molar-refractivity contribution in [3.05, 3.63) is 83.2 Å². The smallest absolute Gasteiger partial charge is 0.497 e. The summed E-state index contributed by atoms with van der Waals surface area (Å²) in [6.45, 7) is 0. The molecular formula is C32H31F3N4O5S. The van der Waals surface area contributed by atoms with E-state index in [1.54, 1.807) is 55.6 Å². The van der Waals surface area contributed by atoms with E-state index in [1.807, 2.05) is 0 Å². The fourth-order valence-electron chi connectivity index (χ4n) is 5.26. The first kappa shape index (κ1) is 31.6. The largest absolute Gasteiger partial charge is 0.573 e. The number of hydrogen-bond acceptors (Lipinski definition) is 8. The number of ether oxygens (including phenoxy) is 3. The van der Waals surface area contributed by atoms with Crippen molar-refractivity contribution in [2.75, 3.05) is 24.9 Å². The van der Waals surface area contributed by atoms with Crippen LogP contribution in [0.4, 0.5) is 24.5 Å². The Morgan fingerprint density at radius 3 is 2.02 bits per heavy atom. The molecule has 4 aromatic rings. The maximum absolute atomic E-state index is 14.5. The summed E-state index contributed by atoms with van der Waals surface area (Å²) in [7, 11) is 3.05. The summed E-state index contributed by atoms with van der Waals surface area (Å²) in [6, 6.07) is 17.1. The zero-order valence-corrected chi connectivity index (χ0v) is 25.3. The number of carbonyl (C=O) groups is 2. The molecule has 236 valence electrons. The predicted molar refractivity (Wildman–Crippen MR) is 165 cm³/mol. The number of aromatic nitrogens is 1. The van der Waals surface area contributed by atoms with E-state index in [0.29, 0.717) is 28.3 Å². The van der Waals surface area contributed by atoms with E-state index in [4.69, 9.17) is 15.2 Å². The Balaban J connectivity index is 1.60. The van der Waals surface area contributed by atoms with E-state index < -0.39 is 30.0 Å². The molecule has 5 rings (SSSR count). The van der Waals surface area contributed by atoms with E-state index in [-0.39, 0.29) is 22.3 Å². The third kappa shape index (κ3) is 7.31. The fourth-order valence-corrected chi connectivity index (χ4v) is 6.02. The van der Waals surface area contributed by atoms with Gasteiger partial charge < -0.3 is 25.3 Å². The number of anilines is 2. The lowest BCUT2D eigenvalue weighted by Crippen LogP contribution is -2.46. The first-order valence-corrected chi connectivity index (χ1v) is 14.9. The third-order valence-electron chi connectivity index (χ3n) is 7.49. The highest BCUT2D eigenvalue weighted by atomic mass is 32.1. The van der Waals surface area contributed by atoms with Gasteiger partial charge in [-0.2, -0.15) is 4.37 Å². The minimum Gasteiger partial charge on any atom is -0.497 e. The summed E-state index contributed by atoms with van der Waals surface area (Å²) in [4.78, 5) is 29.8. The average Bonchev–Trinajstić information content (AvgIpc) is 3.69. The summed E-state index contributed by atoms with van der Waals surface area (Å²) in [5, 5.41) is 3.07. The van der Waals surface area contributed by atoms with Crippen LogP contribution < -0.4 is 30.2 Å². The van der Waals surface area contributed by atoms with Crippen LogP contribution in [0.25, 0.3) is 11.3 Å². The van der Waals surface area contributed by atoms with Crippen LogP contribution in [-0.4, -0.2) is 42.8 Å². The summed E-state index contributed by atoms with van der Waals surface area (Å²) in [6.07, 6.45) is -1.38. The van der Waals surface area contributed by atoms with Gasteiger partial charge in [0.15, 0.2) is 0 Å². The van der Waals surface area contributed by atoms with Crippen molar-refractivity contribution in [2.45, 2.75) is 44.1 Å². The van der Waals surface area contributed by atoms with Crippen LogP contribution in [0.1, 0.15) is 47.0 Å². The van der Waals surface area contributed by atoms with E-state index in [9.17, 15) is 22.8 Å². The molecule has 1 aromatic heterocycles. The number of carbonyl (C=O) groups excluding carboxylic acids is 2. The van der Waals surface area contributed by atoms with Crippen molar-refractivity contribution in [3.8, 4) is 28.5 Å². The number of benzene rings is 3. The summed E-state index contributed by atoms with van der Waals surface area (Å²) in [5.74, 6) is -0.417. The maximum atomic E-state index is 14.5. The van der Waals surface area contributed by atoms with Gasteiger partial charge in [-0.15, -0.1) is 13.2 Å². The number of nitrogen functional groups attached to an aromatic ring is 1. The Bertz CT molecular complexity index is 1620. The molecule has 0 bridgehead atoms. The second kappa shape index (κ2) is 13.5. The third-order valence-corrected chi connectivity index (χ3v) is 8.34. The number of hydrogen-bond donors (Lipinski definition) is 2. The molecule has 1 atom stereocenters. The Morgan fingerprint density at radius 1 is 0.911 bits per heavy atom. The zero-order chi connectivity index (χ0) is 32.1. The van der Waals surface area contributed by atoms with Gasteiger partial charge in [-0.05, 0) is 90.6 Å². The van der Waals surface area contributed by atoms with Gasteiger partial charge in [0, 0.05) is 17.3 Å². The highest BCUT2D eigenvalue weighted by Crippen LogP contribution is 2.38. The quantitative estimate of drug-likeness (QED) is 0.197. The number of halogens is 3. The molecule has 2 amide bonds. The molecule has 1 saturated carbocycles. The van der Waals surface area contributed by atoms with Crippen molar-refractivity contribution in [2.24, 2.45) is 0 Å². The Hall–Kier alpha value is -4.78. The Morgan fingerprint density at radius 2 is 1.47 bits per heavy atom. The van der Waals surface area contributed by atoms with E-state index >= 15 is 0 Å². The highest BCUT2D eigenvalue weighted by molar-refractivity contribution is 7.09. The predicted octanol–water partition coefficient (Wildman–Crippen LogP) is 6.76. The number of nitrogens with zero attached hydrogens (tertiary/aromatic N) is 2. The molecule has 3 N–H and O–H groups in total. The summed E-state index contributed by atoms with van der Waals surface area (Å²) in [5.41, 5.74) is 8.23. The minimum absolute atomic E-state index is 0.0589. The molecule has 1 aliphatic carbocycles. The van der Waals surface area contributed by atoms with Crippen LogP contribution in [0.3, 0.4) is 0 Å². The normalized spacial score (nSPS) is 14.1. The molecule has 1 fully saturated rings. The Labute approximate surface area is 261 Å². The second-order valence-electron chi connectivity index (χ2n) is 10.4. The first-order valence-electron chi connectivity index (χ1n) is 14.1. The van der Waals surface area contributed by atoms with Crippen LogP contribution in [0, 0.1) is 0 Å². The zero-order valence-electron chi connectivity index (χ0n) is 24.5. The molecule has 0 unspecified atom stereocenters. The van der Waals surface area contributed by atoms with Gasteiger partial charge in [0.1, 0.15) is 33.9 Å². The number of amides is 2. The van der Waals surface area contributed by atoms with Gasteiger partial charge >= 0.3 is 6.36 Å². The van der Waals surface area contributed by atoms with Crippen LogP contribution in [0.15, 0.2) is 72.8 Å². The van der Waals surface area contributed by atoms with Crippen LogP contribution in [-0.2, 0) is 4.79 Å². The van der Waals surface area contributed by atoms with Crippen molar-refractivity contribution in [1.82, 2.24) is 9.69 Å². The van der Waals surface area contributed by atoms with Crippen molar-refractivity contribution < 1.29 is 37.0 Å². The monoisotopic (exact) mass is 640 g/mol. The first-order chi connectivity index (χ1) is 21.6. The van der Waals surface area contributed by atoms with Crippen LogP contribution in [0.5, 0.6) is 17.2 Å². The average molecular weight is 641 g/mol. The Kier molecular flexibility index (Phi) is 9.47. The van der Waals surface area contributed by atoms with E-state index in [0.717, 1.165) is 49.3 Å². The van der Waals surface area contributed by atoms with Gasteiger partial charge in [0.05, 0.1) is 19.9 Å². The molecule has 3 aromatic carbocycles. The summed E-state index contributed by atoms with van der Waals surface area (Å²) >= 11 is 0.864. The van der Waals surface area contributed by atoms with Crippen LogP contribution in [0.2, 0.25) is 0 Å². The van der Waals surface area contributed by atoms with Gasteiger partial charge in [-0.1, -0.05) is 25.0 Å². The lowest BCUT2D eigenvalue weighted by molar-refractivity contribution is -0.274. The lowest BCUT2D eigenvalue weighted by atomic mass is 10.0. The highest BCUT2D eigenvalue weighted by Gasteiger charge is 2.37. The molecule has 1 heterocycles.